The molecule has 4 aromatic heterocycles. The number of aromatic nitrogens is 2. The van der Waals surface area contributed by atoms with E-state index in [1.807, 2.05) is 42.5 Å². The van der Waals surface area contributed by atoms with Crippen molar-refractivity contribution in [3.63, 3.8) is 0 Å². The molecule has 3 aliphatic rings. The number of ether oxygens (including phenoxy) is 1. The van der Waals surface area contributed by atoms with E-state index in [-0.39, 0.29) is 50.1 Å². The second kappa shape index (κ2) is 28.7. The second-order valence-electron chi connectivity index (χ2n) is 24.1. The van der Waals surface area contributed by atoms with Crippen LogP contribution in [0, 0.1) is 86.3 Å². The number of carbonyl (C=O) groups is 2. The van der Waals surface area contributed by atoms with E-state index in [4.69, 9.17) is 13.5 Å². The fourth-order valence-corrected chi connectivity index (χ4v) is 17.9. The zero-order valence-electron chi connectivity index (χ0n) is 51.6. The van der Waals surface area contributed by atoms with Crippen LogP contribution in [-0.4, -0.2) is 26.9 Å². The fourth-order valence-electron chi connectivity index (χ4n) is 13.5. The van der Waals surface area contributed by atoms with Gasteiger partial charge in [0.2, 0.25) is 0 Å². The summed E-state index contributed by atoms with van der Waals surface area (Å²) in [5.74, 6) is -4.37. The summed E-state index contributed by atoms with van der Waals surface area (Å²) in [5, 5.41) is 40.5. The summed E-state index contributed by atoms with van der Waals surface area (Å²) in [6, 6.07) is 21.3. The van der Waals surface area contributed by atoms with E-state index in [1.165, 1.54) is 35.0 Å². The first-order chi connectivity index (χ1) is 43.6. The van der Waals surface area contributed by atoms with Gasteiger partial charge in [0.1, 0.15) is 52.2 Å². The summed E-state index contributed by atoms with van der Waals surface area (Å²) in [4.78, 5) is 34.2. The molecule has 0 radical (unpaired) electrons. The average molecular weight is 1280 g/mol. The number of thiophene rings is 3. The van der Waals surface area contributed by atoms with Crippen LogP contribution in [0.1, 0.15) is 211 Å². The van der Waals surface area contributed by atoms with Gasteiger partial charge in [-0.25, -0.2) is 17.6 Å². The van der Waals surface area contributed by atoms with E-state index in [0.717, 1.165) is 175 Å². The van der Waals surface area contributed by atoms with Crippen molar-refractivity contribution in [2.75, 3.05) is 6.61 Å². The Labute approximate surface area is 540 Å². The number of rotatable bonds is 27. The van der Waals surface area contributed by atoms with Crippen LogP contribution in [-0.2, 0) is 5.41 Å². The van der Waals surface area contributed by atoms with Crippen LogP contribution in [0.25, 0.3) is 64.3 Å². The zero-order chi connectivity index (χ0) is 64.0. The van der Waals surface area contributed by atoms with Gasteiger partial charge in [-0.2, -0.15) is 29.8 Å². The number of carbonyl (C=O) groups excluding carboxylic acids is 2. The molecular weight excluding hydrogens is 1210 g/mol. The summed E-state index contributed by atoms with van der Waals surface area (Å²) in [6.45, 7) is 14.0. The summed E-state index contributed by atoms with van der Waals surface area (Å²) < 4.78 is 75.9. The number of hydrogen-bond acceptors (Lipinski definition) is 13. The number of benzene rings is 3. The molecule has 3 aromatic carbocycles. The molecule has 17 heteroatoms. The van der Waals surface area contributed by atoms with Gasteiger partial charge in [-0.15, -0.1) is 34.0 Å². The highest BCUT2D eigenvalue weighted by atomic mass is 32.1. The monoisotopic (exact) mass is 1280 g/mol. The van der Waals surface area contributed by atoms with Crippen molar-refractivity contribution >= 4 is 91.6 Å². The number of ketones is 2. The lowest BCUT2D eigenvalue weighted by Gasteiger charge is -2.37. The largest absolute Gasteiger partial charge is 0.492 e. The van der Waals surface area contributed by atoms with Crippen LogP contribution < -0.4 is 4.74 Å². The van der Waals surface area contributed by atoms with E-state index in [1.54, 1.807) is 28.7 Å². The van der Waals surface area contributed by atoms with Gasteiger partial charge in [0.15, 0.2) is 34.8 Å². The number of allylic oxidation sites excluding steroid dienone is 6. The van der Waals surface area contributed by atoms with E-state index in [0.29, 0.717) is 51.6 Å². The third-order valence-electron chi connectivity index (χ3n) is 18.3. The van der Waals surface area contributed by atoms with E-state index in [2.05, 4.69) is 53.7 Å². The number of Topliss-reactive ketones (excluding diaryl/α,β-unsaturated/α-hetero) is 2. The molecule has 0 N–H and O–H groups in total. The minimum Gasteiger partial charge on any atom is -0.492 e. The van der Waals surface area contributed by atoms with Gasteiger partial charge in [0.25, 0.3) is 0 Å². The molecule has 0 saturated heterocycles. The molecule has 9 nitrogen and oxygen atoms in total. The average Bonchev–Trinajstić information content (AvgIpc) is 1.55. The number of halogens is 4. The first-order valence-electron chi connectivity index (χ1n) is 31.6. The fraction of sp³-hybridized carbons (Fsp3) is 0.397. The highest BCUT2D eigenvalue weighted by Crippen LogP contribution is 2.64. The molecule has 0 saturated carbocycles. The summed E-state index contributed by atoms with van der Waals surface area (Å²) >= 11 is 5.87. The predicted octanol–water partition coefficient (Wildman–Crippen LogP) is 21.6. The Balaban J connectivity index is 1.15. The van der Waals surface area contributed by atoms with Gasteiger partial charge in [-0.1, -0.05) is 144 Å². The molecule has 0 bridgehead atoms. The normalized spacial score (nSPS) is 16.6. The van der Waals surface area contributed by atoms with Crippen molar-refractivity contribution < 1.29 is 31.9 Å². The van der Waals surface area contributed by atoms with Gasteiger partial charge in [-0.3, -0.25) is 9.59 Å². The van der Waals surface area contributed by atoms with Gasteiger partial charge >= 0.3 is 0 Å². The minimum absolute atomic E-state index is 0.00296. The van der Waals surface area contributed by atoms with Crippen LogP contribution in [0.5, 0.6) is 5.75 Å². The second-order valence-corrected chi connectivity index (χ2v) is 27.8. The summed E-state index contributed by atoms with van der Waals surface area (Å²) in [7, 11) is 0. The Hall–Kier alpha value is -7.64. The Morgan fingerprint density at radius 3 is 1.53 bits per heavy atom. The molecule has 0 amide bonds. The Morgan fingerprint density at radius 1 is 0.533 bits per heavy atom. The Bertz CT molecular complexity index is 4210. The van der Waals surface area contributed by atoms with Gasteiger partial charge in [-0.05, 0) is 120 Å². The van der Waals surface area contributed by atoms with Crippen molar-refractivity contribution in [3.05, 3.63) is 144 Å². The highest BCUT2D eigenvalue weighted by Gasteiger charge is 2.49. The molecule has 0 fully saturated rings. The number of nitriles is 4. The molecule has 4 heterocycles. The van der Waals surface area contributed by atoms with Crippen molar-refractivity contribution in [3.8, 4) is 60.0 Å². The quantitative estimate of drug-likeness (QED) is 0.0211. The smallest absolute Gasteiger partial charge is 0.194 e. The van der Waals surface area contributed by atoms with Crippen LogP contribution in [0.15, 0.2) is 76.9 Å². The molecule has 3 atom stereocenters. The van der Waals surface area contributed by atoms with Crippen molar-refractivity contribution in [2.24, 2.45) is 17.8 Å². The molecular formula is C73H70F4N6O3S4. The van der Waals surface area contributed by atoms with E-state index in [9.17, 15) is 48.2 Å². The van der Waals surface area contributed by atoms with Gasteiger partial charge in [0.05, 0.1) is 23.2 Å². The van der Waals surface area contributed by atoms with Crippen molar-refractivity contribution in [2.45, 2.75) is 163 Å². The lowest BCUT2D eigenvalue weighted by Crippen LogP contribution is -2.31. The van der Waals surface area contributed by atoms with Crippen LogP contribution in [0.3, 0.4) is 0 Å². The first kappa shape index (κ1) is 65.3. The summed E-state index contributed by atoms with van der Waals surface area (Å²) in [6.07, 6.45) is 22.2. The topological polar surface area (TPSA) is 164 Å². The number of hydrogen-bond donors (Lipinski definition) is 0. The number of unbranched alkanes of at least 4 members (excludes halogenated alkanes) is 6. The van der Waals surface area contributed by atoms with Gasteiger partial charge in [0, 0.05) is 74.3 Å². The standard InChI is InChI=1S/C73H70F4N6O3S4/c1-7-13-17-18-22-43(21-16-10-4)40-86-61-27-47(26-54-65(46(38-80)39-81)50-29-58(75)60(77)31-52(50)69(54)85)87-72(61)63-33-56-71(89-63)70-55(73(56,34-41(11-5)19-14-8-2)35-42(12-6)20-15-9-3)32-62(88-70)48-24-23-44(66-67(48)83-90-82-66)25-53-64(45(36-78)37-79)49-28-57(74)59(76)30-51(49)68(53)84/h23-33,41-43H,7-22,34-35,40H2,1-6H3/b53-25-,54-26-. The number of fused-ring (bicyclic) bond motifs is 6. The zero-order valence-corrected chi connectivity index (χ0v) is 54.8. The van der Waals surface area contributed by atoms with E-state index < -0.39 is 45.8 Å². The molecule has 10 rings (SSSR count). The minimum atomic E-state index is -1.22. The van der Waals surface area contributed by atoms with E-state index >= 15 is 0 Å². The van der Waals surface area contributed by atoms with Crippen molar-refractivity contribution in [1.82, 2.24) is 8.75 Å². The lowest BCUT2D eigenvalue weighted by atomic mass is 9.65. The SMILES string of the molecule is CCCCCCC(CCCC)COc1cc(/C=C2\C(=O)c3cc(F)c(F)cc3C2=C(C#N)C#N)sc1-c1cc2c(s1)-c1sc(-c3ccc(/C=C4\C(=O)c5cc(F)c(F)cc5C4=C(C#N)C#N)c4nsnc34)cc1C2(CC(CC)CCCC)CC(CC)CCCC. The van der Waals surface area contributed by atoms with Crippen LogP contribution >= 0.6 is 45.7 Å². The molecule has 462 valence electrons. The third kappa shape index (κ3) is 12.6. The molecule has 3 aliphatic carbocycles. The van der Waals surface area contributed by atoms with Crippen molar-refractivity contribution in [1.29, 1.82) is 21.0 Å². The predicted molar refractivity (Wildman–Crippen MR) is 355 cm³/mol. The maximum Gasteiger partial charge on any atom is 0.194 e. The summed E-state index contributed by atoms with van der Waals surface area (Å²) in [5.41, 5.74) is 3.23. The number of nitrogens with zero attached hydrogens (tertiary/aromatic N) is 6. The Kier molecular flexibility index (Phi) is 20.8. The maximum absolute atomic E-state index is 15.0. The molecule has 0 aliphatic heterocycles. The molecule has 3 unspecified atom stereocenters. The maximum atomic E-state index is 15.0. The van der Waals surface area contributed by atoms with Crippen LogP contribution in [0.4, 0.5) is 17.6 Å². The van der Waals surface area contributed by atoms with Crippen LogP contribution in [0.2, 0.25) is 0 Å². The molecule has 0 spiro atoms. The lowest BCUT2D eigenvalue weighted by molar-refractivity contribution is 0.103. The Morgan fingerprint density at radius 2 is 1.01 bits per heavy atom. The van der Waals surface area contributed by atoms with Gasteiger partial charge < -0.3 is 4.74 Å². The molecule has 90 heavy (non-hydrogen) atoms. The third-order valence-corrected chi connectivity index (χ3v) is 22.6. The highest BCUT2D eigenvalue weighted by molar-refractivity contribution is 7.28. The first-order valence-corrected chi connectivity index (χ1v) is 34.7. The molecule has 7 aromatic rings.